The van der Waals surface area contributed by atoms with Crippen LogP contribution in [0.5, 0.6) is 11.5 Å². The van der Waals surface area contributed by atoms with E-state index in [0.717, 1.165) is 48.8 Å². The van der Waals surface area contributed by atoms with Crippen LogP contribution in [0.2, 0.25) is 0 Å². The fraction of sp³-hybridized carbons (Fsp3) is 0.296. The van der Waals surface area contributed by atoms with Gasteiger partial charge in [0.05, 0.1) is 16.3 Å². The second-order valence-electron chi connectivity index (χ2n) is 8.48. The Hall–Kier alpha value is -3.14. The molecule has 1 saturated heterocycles. The molecule has 36 heavy (non-hydrogen) atoms. The van der Waals surface area contributed by atoms with Gasteiger partial charge < -0.3 is 20.3 Å². The molecule has 2 N–H and O–H groups in total. The molecular formula is C27H32N4O3S2. The van der Waals surface area contributed by atoms with Crippen LogP contribution in [0.3, 0.4) is 0 Å². The molecule has 0 saturated carbocycles. The molecule has 4 rings (SSSR count). The second kappa shape index (κ2) is 11.7. The summed E-state index contributed by atoms with van der Waals surface area (Å²) in [5.41, 5.74) is 2.41. The molecule has 9 heteroatoms. The van der Waals surface area contributed by atoms with Crippen molar-refractivity contribution in [2.24, 2.45) is 0 Å². The van der Waals surface area contributed by atoms with Crippen LogP contribution in [0.1, 0.15) is 26.7 Å². The Morgan fingerprint density at radius 2 is 1.56 bits per heavy atom. The zero-order valence-corrected chi connectivity index (χ0v) is 22.2. The van der Waals surface area contributed by atoms with Gasteiger partial charge in [0.1, 0.15) is 11.5 Å². The minimum atomic E-state index is -3.59. The molecule has 0 atom stereocenters. The van der Waals surface area contributed by atoms with Crippen molar-refractivity contribution in [1.82, 2.24) is 4.31 Å². The van der Waals surface area contributed by atoms with Crippen molar-refractivity contribution in [3.8, 4) is 11.5 Å². The number of nitrogens with zero attached hydrogens (tertiary/aromatic N) is 2. The highest BCUT2D eigenvalue weighted by Crippen LogP contribution is 2.32. The van der Waals surface area contributed by atoms with E-state index in [1.807, 2.05) is 74.5 Å². The van der Waals surface area contributed by atoms with Crippen LogP contribution in [-0.2, 0) is 10.0 Å². The van der Waals surface area contributed by atoms with Crippen molar-refractivity contribution in [1.29, 1.82) is 0 Å². The quantitative estimate of drug-likeness (QED) is 0.337. The fourth-order valence-corrected chi connectivity index (χ4v) is 5.95. The van der Waals surface area contributed by atoms with E-state index < -0.39 is 10.0 Å². The van der Waals surface area contributed by atoms with Gasteiger partial charge >= 0.3 is 0 Å². The Bertz CT molecular complexity index is 1270. The molecular weight excluding hydrogens is 492 g/mol. The van der Waals surface area contributed by atoms with E-state index in [-0.39, 0.29) is 4.90 Å². The zero-order chi connectivity index (χ0) is 25.5. The van der Waals surface area contributed by atoms with Crippen LogP contribution in [0.4, 0.5) is 17.1 Å². The maximum atomic E-state index is 13.1. The predicted molar refractivity (Wildman–Crippen MR) is 151 cm³/mol. The Morgan fingerprint density at radius 3 is 2.19 bits per heavy atom. The monoisotopic (exact) mass is 524 g/mol. The van der Waals surface area contributed by atoms with Crippen LogP contribution < -0.4 is 20.3 Å². The number of ether oxygens (including phenoxy) is 1. The molecule has 7 nitrogen and oxygen atoms in total. The SMILES string of the molecule is CCN(CC)S(=O)(=O)c1ccc(N2CCCC2)c(NC(=S)Nc2ccc(Oc3ccccc3)cc2)c1. The van der Waals surface area contributed by atoms with Gasteiger partial charge in [-0.2, -0.15) is 4.31 Å². The third-order valence-corrected chi connectivity index (χ3v) is 8.35. The van der Waals surface area contributed by atoms with Gasteiger partial charge in [-0.15, -0.1) is 0 Å². The van der Waals surface area contributed by atoms with Gasteiger partial charge in [0.25, 0.3) is 0 Å². The second-order valence-corrected chi connectivity index (χ2v) is 10.8. The highest BCUT2D eigenvalue weighted by atomic mass is 32.2. The summed E-state index contributed by atoms with van der Waals surface area (Å²) in [6, 6.07) is 22.3. The lowest BCUT2D eigenvalue weighted by Gasteiger charge is -2.24. The van der Waals surface area contributed by atoms with E-state index in [9.17, 15) is 8.42 Å². The van der Waals surface area contributed by atoms with Crippen molar-refractivity contribution in [3.63, 3.8) is 0 Å². The summed E-state index contributed by atoms with van der Waals surface area (Å²) in [6.07, 6.45) is 2.22. The number of hydrogen-bond acceptors (Lipinski definition) is 5. The summed E-state index contributed by atoms with van der Waals surface area (Å²) in [5.74, 6) is 1.49. The third kappa shape index (κ3) is 6.16. The molecule has 3 aromatic rings. The Kier molecular flexibility index (Phi) is 8.45. The summed E-state index contributed by atoms with van der Waals surface area (Å²) in [7, 11) is -3.59. The zero-order valence-electron chi connectivity index (χ0n) is 20.6. The Balaban J connectivity index is 1.51. The summed E-state index contributed by atoms with van der Waals surface area (Å²) >= 11 is 5.59. The van der Waals surface area contributed by atoms with Gasteiger partial charge in [0.2, 0.25) is 10.0 Å². The largest absolute Gasteiger partial charge is 0.457 e. The van der Waals surface area contributed by atoms with E-state index in [2.05, 4.69) is 15.5 Å². The first-order chi connectivity index (χ1) is 17.4. The topological polar surface area (TPSA) is 73.9 Å². The number of nitrogens with one attached hydrogen (secondary N) is 2. The number of anilines is 3. The first-order valence-corrected chi connectivity index (χ1v) is 14.1. The normalized spacial score (nSPS) is 13.6. The number of sulfonamides is 1. The van der Waals surface area contributed by atoms with Crippen LogP contribution in [0.25, 0.3) is 0 Å². The number of hydrogen-bond donors (Lipinski definition) is 2. The average Bonchev–Trinajstić information content (AvgIpc) is 3.41. The summed E-state index contributed by atoms with van der Waals surface area (Å²) in [5, 5.41) is 6.81. The van der Waals surface area contributed by atoms with E-state index >= 15 is 0 Å². The molecule has 1 aliphatic heterocycles. The summed E-state index contributed by atoms with van der Waals surface area (Å²) in [4.78, 5) is 2.51. The lowest BCUT2D eigenvalue weighted by Crippen LogP contribution is -2.31. The molecule has 0 spiro atoms. The van der Waals surface area contributed by atoms with Gasteiger partial charge in [-0.3, -0.25) is 0 Å². The van der Waals surface area contributed by atoms with Gasteiger partial charge in [-0.1, -0.05) is 32.0 Å². The smallest absolute Gasteiger partial charge is 0.243 e. The Labute approximate surface area is 219 Å². The molecule has 0 radical (unpaired) electrons. The van der Waals surface area contributed by atoms with Crippen LogP contribution in [-0.4, -0.2) is 44.0 Å². The van der Waals surface area contributed by atoms with Gasteiger partial charge in [0.15, 0.2) is 5.11 Å². The van der Waals surface area contributed by atoms with Gasteiger partial charge in [0, 0.05) is 31.9 Å². The van der Waals surface area contributed by atoms with Crippen LogP contribution in [0, 0.1) is 0 Å². The van der Waals surface area contributed by atoms with Crippen molar-refractivity contribution in [3.05, 3.63) is 72.8 Å². The third-order valence-electron chi connectivity index (χ3n) is 6.10. The predicted octanol–water partition coefficient (Wildman–Crippen LogP) is 5.92. The molecule has 0 aromatic heterocycles. The Morgan fingerprint density at radius 1 is 0.917 bits per heavy atom. The number of thiocarbonyl (C=S) groups is 1. The molecule has 1 heterocycles. The first kappa shape index (κ1) is 25.9. The number of para-hydroxylation sites is 1. The molecule has 0 bridgehead atoms. The van der Waals surface area contributed by atoms with Gasteiger partial charge in [-0.05, 0) is 79.7 Å². The highest BCUT2D eigenvalue weighted by molar-refractivity contribution is 7.89. The number of rotatable bonds is 9. The minimum absolute atomic E-state index is 0.252. The molecule has 0 amide bonds. The standard InChI is InChI=1S/C27H32N4O3S2/c1-3-31(4-2)36(32,33)24-16-17-26(30-18-8-9-19-30)25(20-24)29-27(35)28-21-12-14-23(15-13-21)34-22-10-6-5-7-11-22/h5-7,10-17,20H,3-4,8-9,18-19H2,1-2H3,(H2,28,29,35). The maximum absolute atomic E-state index is 13.1. The molecule has 0 aliphatic carbocycles. The lowest BCUT2D eigenvalue weighted by atomic mass is 10.2. The van der Waals surface area contributed by atoms with Crippen LogP contribution >= 0.6 is 12.2 Å². The molecule has 1 fully saturated rings. The lowest BCUT2D eigenvalue weighted by molar-refractivity contribution is 0.445. The van der Waals surface area contributed by atoms with Crippen molar-refractivity contribution in [2.75, 3.05) is 41.7 Å². The van der Waals surface area contributed by atoms with E-state index in [0.29, 0.717) is 23.9 Å². The first-order valence-electron chi connectivity index (χ1n) is 12.2. The van der Waals surface area contributed by atoms with Crippen molar-refractivity contribution in [2.45, 2.75) is 31.6 Å². The minimum Gasteiger partial charge on any atom is -0.457 e. The van der Waals surface area contributed by atoms with Crippen molar-refractivity contribution < 1.29 is 13.2 Å². The van der Waals surface area contributed by atoms with E-state index in [4.69, 9.17) is 17.0 Å². The molecule has 190 valence electrons. The average molecular weight is 525 g/mol. The van der Waals surface area contributed by atoms with E-state index in [1.54, 1.807) is 12.1 Å². The van der Waals surface area contributed by atoms with Crippen molar-refractivity contribution >= 4 is 44.4 Å². The summed E-state index contributed by atoms with van der Waals surface area (Å²) in [6.45, 7) is 6.38. The fourth-order valence-electron chi connectivity index (χ4n) is 4.24. The number of benzene rings is 3. The van der Waals surface area contributed by atoms with Gasteiger partial charge in [-0.25, -0.2) is 8.42 Å². The molecule has 0 unspecified atom stereocenters. The molecule has 1 aliphatic rings. The van der Waals surface area contributed by atoms with Crippen LogP contribution in [0.15, 0.2) is 77.7 Å². The highest BCUT2D eigenvalue weighted by Gasteiger charge is 2.24. The summed E-state index contributed by atoms with van der Waals surface area (Å²) < 4.78 is 33.6. The molecule has 3 aromatic carbocycles. The maximum Gasteiger partial charge on any atom is 0.243 e. The van der Waals surface area contributed by atoms with E-state index in [1.165, 1.54) is 4.31 Å².